The molecule has 120 valence electrons. The van der Waals surface area contributed by atoms with E-state index in [-0.39, 0.29) is 36.7 Å². The second kappa shape index (κ2) is 6.19. The number of aliphatic hydroxyl groups is 1. The monoisotopic (exact) mass is 300 g/mol. The lowest BCUT2D eigenvalue weighted by Crippen LogP contribution is -2.41. The Labute approximate surface area is 124 Å². The molecule has 0 unspecified atom stereocenters. The molecule has 7 nitrogen and oxygen atoms in total. The van der Waals surface area contributed by atoms with Crippen LogP contribution in [0.15, 0.2) is 0 Å². The number of fused-ring (bicyclic) bond motifs is 1. The summed E-state index contributed by atoms with van der Waals surface area (Å²) in [5, 5.41) is 14.2. The van der Waals surface area contributed by atoms with Gasteiger partial charge in [-0.05, 0) is 33.6 Å². The maximum Gasteiger partial charge on any atom is 0.407 e. The van der Waals surface area contributed by atoms with Gasteiger partial charge in [0.05, 0.1) is 18.1 Å². The third kappa shape index (κ3) is 4.31. The smallest absolute Gasteiger partial charge is 0.407 e. The van der Waals surface area contributed by atoms with Crippen molar-refractivity contribution in [1.82, 2.24) is 10.6 Å². The van der Waals surface area contributed by atoms with Crippen LogP contribution >= 0.6 is 0 Å². The number of hydrogen-bond donors (Lipinski definition) is 3. The number of aliphatic hydroxyl groups excluding tert-OH is 1. The minimum atomic E-state index is -0.548. The quantitative estimate of drug-likeness (QED) is 0.496. The topological polar surface area (TPSA) is 100 Å². The third-order valence-corrected chi connectivity index (χ3v) is 3.54. The molecule has 2 amide bonds. The van der Waals surface area contributed by atoms with Crippen LogP contribution in [0.5, 0.6) is 0 Å². The van der Waals surface area contributed by atoms with Crippen molar-refractivity contribution in [3.63, 3.8) is 0 Å². The van der Waals surface area contributed by atoms with Crippen LogP contribution in [-0.4, -0.2) is 54.1 Å². The number of ether oxygens (including phenoxy) is 2. The Morgan fingerprint density at radius 3 is 2.67 bits per heavy atom. The molecule has 2 rings (SSSR count). The largest absolute Gasteiger partial charge is 0.444 e. The lowest BCUT2D eigenvalue weighted by Gasteiger charge is -2.22. The number of hydrogen-bond acceptors (Lipinski definition) is 5. The van der Waals surface area contributed by atoms with Crippen LogP contribution < -0.4 is 10.6 Å². The lowest BCUT2D eigenvalue weighted by molar-refractivity contribution is -0.125. The molecule has 0 radical (unpaired) electrons. The third-order valence-electron chi connectivity index (χ3n) is 3.54. The number of alkyl carbamates (subject to hydrolysis) is 1. The second-order valence-electron chi connectivity index (χ2n) is 6.53. The SMILES string of the molecule is CC(C)(C)OC(=O)N[C@H]1C[C@@H](C(=O)NCCCO)[C@@H]2O[C@@H]21. The minimum absolute atomic E-state index is 0.0519. The van der Waals surface area contributed by atoms with Crippen LogP contribution in [0, 0.1) is 5.92 Å². The van der Waals surface area contributed by atoms with Gasteiger partial charge >= 0.3 is 6.09 Å². The zero-order valence-electron chi connectivity index (χ0n) is 12.7. The van der Waals surface area contributed by atoms with Gasteiger partial charge in [0.15, 0.2) is 0 Å². The van der Waals surface area contributed by atoms with Crippen molar-refractivity contribution >= 4 is 12.0 Å². The highest BCUT2D eigenvalue weighted by Crippen LogP contribution is 2.43. The first-order valence-electron chi connectivity index (χ1n) is 7.35. The van der Waals surface area contributed by atoms with Gasteiger partial charge in [-0.3, -0.25) is 4.79 Å². The van der Waals surface area contributed by atoms with Crippen molar-refractivity contribution in [2.75, 3.05) is 13.2 Å². The zero-order valence-corrected chi connectivity index (χ0v) is 12.7. The van der Waals surface area contributed by atoms with Crippen LogP contribution in [0.2, 0.25) is 0 Å². The van der Waals surface area contributed by atoms with Crippen molar-refractivity contribution in [3.05, 3.63) is 0 Å². The fourth-order valence-corrected chi connectivity index (χ4v) is 2.60. The minimum Gasteiger partial charge on any atom is -0.444 e. The molecule has 2 aliphatic rings. The normalized spacial score (nSPS) is 30.5. The number of epoxide rings is 1. The van der Waals surface area contributed by atoms with Gasteiger partial charge in [0, 0.05) is 13.2 Å². The number of carbonyl (C=O) groups is 2. The predicted molar refractivity (Wildman–Crippen MR) is 74.6 cm³/mol. The standard InChI is InChI=1S/C14H24N2O5/c1-14(2,3)21-13(19)16-9-7-8(10-11(9)20-10)12(18)15-5-4-6-17/h8-11,17H,4-7H2,1-3H3,(H,15,18)(H,16,19)/t8-,9+,10+,11-/m1/s1. The molecule has 1 saturated heterocycles. The van der Waals surface area contributed by atoms with E-state index in [9.17, 15) is 9.59 Å². The Balaban J connectivity index is 1.79. The molecule has 1 aliphatic heterocycles. The fourth-order valence-electron chi connectivity index (χ4n) is 2.60. The van der Waals surface area contributed by atoms with E-state index >= 15 is 0 Å². The molecular weight excluding hydrogens is 276 g/mol. The van der Waals surface area contributed by atoms with E-state index < -0.39 is 11.7 Å². The molecule has 3 N–H and O–H groups in total. The van der Waals surface area contributed by atoms with Crippen LogP contribution in [0.25, 0.3) is 0 Å². The molecule has 0 spiro atoms. The summed E-state index contributed by atoms with van der Waals surface area (Å²) in [6.45, 7) is 5.91. The highest BCUT2D eigenvalue weighted by atomic mass is 16.6. The van der Waals surface area contributed by atoms with Gasteiger partial charge in [-0.1, -0.05) is 0 Å². The highest BCUT2D eigenvalue weighted by molar-refractivity contribution is 5.80. The van der Waals surface area contributed by atoms with E-state index in [1.54, 1.807) is 20.8 Å². The molecular formula is C14H24N2O5. The van der Waals surface area contributed by atoms with Crippen molar-refractivity contribution < 1.29 is 24.2 Å². The van der Waals surface area contributed by atoms with Crippen molar-refractivity contribution in [3.8, 4) is 0 Å². The molecule has 7 heteroatoms. The maximum atomic E-state index is 12.0. The molecule has 4 atom stereocenters. The second-order valence-corrected chi connectivity index (χ2v) is 6.53. The van der Waals surface area contributed by atoms with E-state index in [0.717, 1.165) is 0 Å². The van der Waals surface area contributed by atoms with Crippen LogP contribution in [0.4, 0.5) is 4.79 Å². The van der Waals surface area contributed by atoms with Crippen LogP contribution in [-0.2, 0) is 14.3 Å². The first-order valence-corrected chi connectivity index (χ1v) is 7.35. The van der Waals surface area contributed by atoms with Gasteiger partial charge in [0.2, 0.25) is 5.91 Å². The summed E-state index contributed by atoms with van der Waals surface area (Å²) in [5.74, 6) is -0.321. The first kappa shape index (κ1) is 16.0. The zero-order chi connectivity index (χ0) is 15.6. The number of rotatable bonds is 5. The summed E-state index contributed by atoms with van der Waals surface area (Å²) in [4.78, 5) is 23.7. The summed E-state index contributed by atoms with van der Waals surface area (Å²) >= 11 is 0. The summed E-state index contributed by atoms with van der Waals surface area (Å²) < 4.78 is 10.7. The van der Waals surface area contributed by atoms with E-state index in [4.69, 9.17) is 14.6 Å². The Morgan fingerprint density at radius 2 is 2.05 bits per heavy atom. The Morgan fingerprint density at radius 1 is 1.33 bits per heavy atom. The van der Waals surface area contributed by atoms with Gasteiger partial charge in [0.25, 0.3) is 0 Å². The maximum absolute atomic E-state index is 12.0. The highest BCUT2D eigenvalue weighted by Gasteiger charge is 2.59. The first-order chi connectivity index (χ1) is 9.81. The molecule has 0 aromatic carbocycles. The Bertz CT molecular complexity index is 407. The molecule has 0 bridgehead atoms. The van der Waals surface area contributed by atoms with E-state index in [1.165, 1.54) is 0 Å². The van der Waals surface area contributed by atoms with Gasteiger partial charge < -0.3 is 25.2 Å². The average molecular weight is 300 g/mol. The average Bonchev–Trinajstić information content (AvgIpc) is 3.06. The predicted octanol–water partition coefficient (Wildman–Crippen LogP) is 0.166. The van der Waals surface area contributed by atoms with E-state index in [2.05, 4.69) is 10.6 Å². The fraction of sp³-hybridized carbons (Fsp3) is 0.857. The molecule has 2 fully saturated rings. The summed E-state index contributed by atoms with van der Waals surface area (Å²) in [7, 11) is 0. The van der Waals surface area contributed by atoms with Crippen molar-refractivity contribution in [2.45, 2.75) is 57.5 Å². The lowest BCUT2D eigenvalue weighted by atomic mass is 10.1. The van der Waals surface area contributed by atoms with Crippen LogP contribution in [0.1, 0.15) is 33.6 Å². The van der Waals surface area contributed by atoms with Crippen molar-refractivity contribution in [1.29, 1.82) is 0 Å². The van der Waals surface area contributed by atoms with Crippen molar-refractivity contribution in [2.24, 2.45) is 5.92 Å². The Kier molecular flexibility index (Phi) is 4.73. The number of amides is 2. The van der Waals surface area contributed by atoms with Crippen LogP contribution in [0.3, 0.4) is 0 Å². The molecule has 1 saturated carbocycles. The molecule has 0 aromatic rings. The molecule has 1 aliphatic carbocycles. The molecule has 1 heterocycles. The Hall–Kier alpha value is -1.34. The molecule has 21 heavy (non-hydrogen) atoms. The van der Waals surface area contributed by atoms with E-state index in [0.29, 0.717) is 19.4 Å². The summed E-state index contributed by atoms with van der Waals surface area (Å²) in [6.07, 6.45) is 0.403. The molecule has 0 aromatic heterocycles. The van der Waals surface area contributed by atoms with Gasteiger partial charge in [-0.25, -0.2) is 4.79 Å². The van der Waals surface area contributed by atoms with Gasteiger partial charge in [0.1, 0.15) is 11.7 Å². The van der Waals surface area contributed by atoms with E-state index in [1.807, 2.05) is 0 Å². The summed E-state index contributed by atoms with van der Waals surface area (Å²) in [6, 6.07) is -0.182. The van der Waals surface area contributed by atoms with Gasteiger partial charge in [-0.15, -0.1) is 0 Å². The number of nitrogens with one attached hydrogen (secondary N) is 2. The summed E-state index contributed by atoms with van der Waals surface area (Å²) in [5.41, 5.74) is -0.548. The van der Waals surface area contributed by atoms with Gasteiger partial charge in [-0.2, -0.15) is 0 Å². The number of carbonyl (C=O) groups excluding carboxylic acids is 2.